The molecule has 0 aliphatic rings. The van der Waals surface area contributed by atoms with Gasteiger partial charge >= 0.3 is 0 Å². The van der Waals surface area contributed by atoms with E-state index in [4.69, 9.17) is 5.73 Å². The minimum absolute atomic E-state index is 0.497. The van der Waals surface area contributed by atoms with Crippen molar-refractivity contribution < 1.29 is 0 Å². The van der Waals surface area contributed by atoms with Gasteiger partial charge in [-0.25, -0.2) is 0 Å². The average molecular weight is 220 g/mol. The maximum atomic E-state index is 5.47. The molecule has 0 spiro atoms. The van der Waals surface area contributed by atoms with Gasteiger partial charge < -0.3 is 11.1 Å². The van der Waals surface area contributed by atoms with Gasteiger partial charge in [-0.2, -0.15) is 0 Å². The van der Waals surface area contributed by atoms with Crippen molar-refractivity contribution >= 4 is 21.6 Å². The minimum Gasteiger partial charge on any atom is -0.374 e. The first-order valence-electron chi connectivity index (χ1n) is 4.71. The molecule has 0 unspecified atom stereocenters. The molecule has 0 fully saturated rings. The number of rotatable bonds is 4. The number of nitrogens with one attached hydrogen (secondary N) is 1. The van der Waals surface area contributed by atoms with Crippen molar-refractivity contribution in [1.82, 2.24) is 10.2 Å². The third-order valence-electron chi connectivity index (χ3n) is 1.97. The van der Waals surface area contributed by atoms with Gasteiger partial charge in [0.05, 0.1) is 0 Å². The summed E-state index contributed by atoms with van der Waals surface area (Å²) in [5.74, 6) is 0. The second-order valence-electron chi connectivity index (χ2n) is 3.11. The highest BCUT2D eigenvalue weighted by Gasteiger charge is 1.98. The Labute approximate surface area is 92.2 Å². The second-order valence-corrected chi connectivity index (χ2v) is 4.12. The topological polar surface area (TPSA) is 63.8 Å². The van der Waals surface area contributed by atoms with Crippen molar-refractivity contribution in [3.05, 3.63) is 35.9 Å². The van der Waals surface area contributed by atoms with Crippen LogP contribution in [-0.4, -0.2) is 16.7 Å². The molecule has 0 atom stereocenters. The van der Waals surface area contributed by atoms with Gasteiger partial charge in [0.2, 0.25) is 10.3 Å². The number of hydrogen-bond acceptors (Lipinski definition) is 5. The zero-order valence-electron chi connectivity index (χ0n) is 8.18. The summed E-state index contributed by atoms with van der Waals surface area (Å²) in [6, 6.07) is 10.3. The summed E-state index contributed by atoms with van der Waals surface area (Å²) in [4.78, 5) is 0. The molecule has 78 valence electrons. The van der Waals surface area contributed by atoms with E-state index in [1.807, 2.05) is 18.2 Å². The van der Waals surface area contributed by atoms with Gasteiger partial charge in [-0.3, -0.25) is 0 Å². The van der Waals surface area contributed by atoms with Crippen molar-refractivity contribution in [2.24, 2.45) is 0 Å². The molecular formula is C10H12N4S. The molecule has 0 radical (unpaired) electrons. The van der Waals surface area contributed by atoms with Crippen LogP contribution in [0.3, 0.4) is 0 Å². The molecular weight excluding hydrogens is 208 g/mol. The van der Waals surface area contributed by atoms with Crippen LogP contribution in [0.1, 0.15) is 5.56 Å². The highest BCUT2D eigenvalue weighted by Crippen LogP contribution is 2.15. The zero-order valence-corrected chi connectivity index (χ0v) is 9.00. The van der Waals surface area contributed by atoms with Gasteiger partial charge in [-0.1, -0.05) is 41.7 Å². The first-order chi connectivity index (χ1) is 7.34. The number of aromatic nitrogens is 2. The average Bonchev–Trinajstić information content (AvgIpc) is 2.66. The molecule has 4 nitrogen and oxygen atoms in total. The molecule has 1 heterocycles. The first-order valence-corrected chi connectivity index (χ1v) is 5.53. The van der Waals surface area contributed by atoms with Gasteiger partial charge in [-0.15, -0.1) is 10.2 Å². The summed E-state index contributed by atoms with van der Waals surface area (Å²) in [6.07, 6.45) is 0.973. The number of nitrogens with two attached hydrogens (primary N) is 1. The van der Waals surface area contributed by atoms with E-state index >= 15 is 0 Å². The molecule has 0 bridgehead atoms. The molecule has 0 aliphatic carbocycles. The predicted octanol–water partition coefficient (Wildman–Crippen LogP) is 1.77. The van der Waals surface area contributed by atoms with Gasteiger partial charge in [0, 0.05) is 6.54 Å². The third-order valence-corrected chi connectivity index (χ3v) is 2.68. The van der Waals surface area contributed by atoms with E-state index in [2.05, 4.69) is 27.6 Å². The Kier molecular flexibility index (Phi) is 3.14. The number of anilines is 2. The highest BCUT2D eigenvalue weighted by atomic mass is 32.1. The maximum absolute atomic E-state index is 5.47. The molecule has 5 heteroatoms. The van der Waals surface area contributed by atoms with E-state index in [-0.39, 0.29) is 0 Å². The number of nitrogen functional groups attached to an aromatic ring is 1. The van der Waals surface area contributed by atoms with Crippen LogP contribution in [0, 0.1) is 0 Å². The van der Waals surface area contributed by atoms with Gasteiger partial charge in [0.15, 0.2) is 0 Å². The zero-order chi connectivity index (χ0) is 10.5. The molecule has 0 amide bonds. The Hall–Kier alpha value is -1.62. The fraction of sp³-hybridized carbons (Fsp3) is 0.200. The smallest absolute Gasteiger partial charge is 0.207 e. The monoisotopic (exact) mass is 220 g/mol. The molecule has 3 N–H and O–H groups in total. The van der Waals surface area contributed by atoms with Crippen LogP contribution in [0.5, 0.6) is 0 Å². The summed E-state index contributed by atoms with van der Waals surface area (Å²) in [5.41, 5.74) is 6.77. The van der Waals surface area contributed by atoms with E-state index in [0.29, 0.717) is 5.13 Å². The summed E-state index contributed by atoms with van der Waals surface area (Å²) in [6.45, 7) is 0.846. The van der Waals surface area contributed by atoms with E-state index < -0.39 is 0 Å². The Morgan fingerprint density at radius 3 is 2.67 bits per heavy atom. The lowest BCUT2D eigenvalue weighted by Gasteiger charge is -2.01. The van der Waals surface area contributed by atoms with Crippen LogP contribution < -0.4 is 11.1 Å². The highest BCUT2D eigenvalue weighted by molar-refractivity contribution is 7.18. The van der Waals surface area contributed by atoms with Crippen LogP contribution in [0.4, 0.5) is 10.3 Å². The van der Waals surface area contributed by atoms with Crippen molar-refractivity contribution in [3.63, 3.8) is 0 Å². The molecule has 0 aliphatic heterocycles. The molecule has 0 saturated carbocycles. The lowest BCUT2D eigenvalue weighted by Crippen LogP contribution is -2.04. The number of benzene rings is 1. The number of nitrogens with zero attached hydrogens (tertiary/aromatic N) is 2. The predicted molar refractivity (Wildman–Crippen MR) is 63.0 cm³/mol. The van der Waals surface area contributed by atoms with Gasteiger partial charge in [0.1, 0.15) is 0 Å². The summed E-state index contributed by atoms with van der Waals surface area (Å²) >= 11 is 1.37. The first kappa shape index (κ1) is 9.92. The molecule has 1 aromatic carbocycles. The maximum Gasteiger partial charge on any atom is 0.207 e. The molecule has 0 saturated heterocycles. The number of hydrogen-bond donors (Lipinski definition) is 2. The Bertz CT molecular complexity index is 412. The summed E-state index contributed by atoms with van der Waals surface area (Å²) < 4.78 is 0. The van der Waals surface area contributed by atoms with E-state index in [1.165, 1.54) is 16.9 Å². The standard InChI is InChI=1S/C10H12N4S/c11-9-13-14-10(15-9)12-7-6-8-4-2-1-3-5-8/h1-5H,6-7H2,(H2,11,13)(H,12,14). The van der Waals surface area contributed by atoms with Gasteiger partial charge in [-0.05, 0) is 12.0 Å². The van der Waals surface area contributed by atoms with Crippen LogP contribution in [0.25, 0.3) is 0 Å². The summed E-state index contributed by atoms with van der Waals surface area (Å²) in [5, 5.41) is 12.1. The van der Waals surface area contributed by atoms with Crippen molar-refractivity contribution in [1.29, 1.82) is 0 Å². The van der Waals surface area contributed by atoms with Crippen LogP contribution >= 0.6 is 11.3 Å². The van der Waals surface area contributed by atoms with Gasteiger partial charge in [0.25, 0.3) is 0 Å². The SMILES string of the molecule is Nc1nnc(NCCc2ccccc2)s1. The lowest BCUT2D eigenvalue weighted by molar-refractivity contribution is 0.996. The minimum atomic E-state index is 0.497. The Morgan fingerprint density at radius 2 is 2.00 bits per heavy atom. The van der Waals surface area contributed by atoms with E-state index in [0.717, 1.165) is 18.1 Å². The second kappa shape index (κ2) is 4.75. The Morgan fingerprint density at radius 1 is 1.20 bits per heavy atom. The summed E-state index contributed by atoms with van der Waals surface area (Å²) in [7, 11) is 0. The molecule has 15 heavy (non-hydrogen) atoms. The fourth-order valence-electron chi connectivity index (χ4n) is 1.26. The Balaban J connectivity index is 1.80. The van der Waals surface area contributed by atoms with Crippen molar-refractivity contribution in [2.75, 3.05) is 17.6 Å². The lowest BCUT2D eigenvalue weighted by atomic mass is 10.2. The van der Waals surface area contributed by atoms with Crippen LogP contribution in [0.2, 0.25) is 0 Å². The van der Waals surface area contributed by atoms with Crippen LogP contribution in [0.15, 0.2) is 30.3 Å². The normalized spacial score (nSPS) is 10.1. The fourth-order valence-corrected chi connectivity index (χ4v) is 1.80. The third kappa shape index (κ3) is 2.92. The molecule has 2 aromatic rings. The van der Waals surface area contributed by atoms with Crippen LogP contribution in [-0.2, 0) is 6.42 Å². The van der Waals surface area contributed by atoms with E-state index in [1.54, 1.807) is 0 Å². The van der Waals surface area contributed by atoms with Crippen molar-refractivity contribution in [2.45, 2.75) is 6.42 Å². The molecule has 1 aromatic heterocycles. The quantitative estimate of drug-likeness (QED) is 0.824. The molecule has 2 rings (SSSR count). The van der Waals surface area contributed by atoms with E-state index in [9.17, 15) is 0 Å². The van der Waals surface area contributed by atoms with Crippen molar-refractivity contribution in [3.8, 4) is 0 Å². The largest absolute Gasteiger partial charge is 0.374 e.